The molecule has 0 rings (SSSR count). The van der Waals surface area contributed by atoms with Crippen molar-refractivity contribution < 1.29 is 22.4 Å². The van der Waals surface area contributed by atoms with Gasteiger partial charge >= 0.3 is 22.4 Å². The molecule has 2 heteroatoms. The Morgan fingerprint density at radius 2 is 0.909 bits per heavy atom. The summed E-state index contributed by atoms with van der Waals surface area (Å²) < 4.78 is 0. The van der Waals surface area contributed by atoms with Crippen LogP contribution in [-0.2, 0) is 22.4 Å². The van der Waals surface area contributed by atoms with Gasteiger partial charge in [-0.3, -0.25) is 0 Å². The van der Waals surface area contributed by atoms with E-state index in [0.717, 1.165) is 0 Å². The monoisotopic (exact) mass is 360 g/mol. The summed E-state index contributed by atoms with van der Waals surface area (Å²) in [5.41, 5.74) is 0. The molecule has 0 aromatic heterocycles. The minimum Gasteiger partial charge on any atom is -0.358 e. The molecule has 0 N–H and O–H groups in total. The Kier molecular flexibility index (Phi) is 60.3. The van der Waals surface area contributed by atoms with Gasteiger partial charge in [-0.2, -0.15) is 0 Å². The fraction of sp³-hybridized carbons (Fsp3) is 0.667. The molecule has 0 radical (unpaired) electrons. The summed E-state index contributed by atoms with van der Waals surface area (Å²) in [4.78, 5) is 0. The molecule has 0 aliphatic carbocycles. The minimum atomic E-state index is 0. The molecular weight excluding hydrogens is 336 g/mol. The molecule has 76 valence electrons. The molecule has 11 heavy (non-hydrogen) atoms. The summed E-state index contributed by atoms with van der Waals surface area (Å²) in [6.07, 6.45) is 4.26. The molecule has 0 fully saturated rings. The van der Waals surface area contributed by atoms with E-state index in [-0.39, 0.29) is 44.7 Å². The molecular formula is C9H24AuP. The second-order valence-electron chi connectivity index (χ2n) is 1.62. The summed E-state index contributed by atoms with van der Waals surface area (Å²) in [7, 11) is 0.446. The normalized spacial score (nSPS) is 6.55. The van der Waals surface area contributed by atoms with E-state index >= 15 is 0 Å². The van der Waals surface area contributed by atoms with Gasteiger partial charge in [0.25, 0.3) is 0 Å². The molecule has 0 bridgehead atoms. The fourth-order valence-electron chi connectivity index (χ4n) is 0.671. The van der Waals surface area contributed by atoms with Gasteiger partial charge in [0.2, 0.25) is 0 Å². The Bertz CT molecular complexity index is 31.0. The Morgan fingerprint density at radius 3 is 0.909 bits per heavy atom. The number of rotatable bonds is 3. The van der Waals surface area contributed by atoms with Crippen molar-refractivity contribution in [1.29, 1.82) is 0 Å². The Balaban J connectivity index is -0.0000000300. The third-order valence-corrected chi connectivity index (χ3v) is 4.02. The second kappa shape index (κ2) is 22.5. The first-order valence-corrected chi connectivity index (χ1v) is 4.97. The summed E-state index contributed by atoms with van der Waals surface area (Å²) in [6.45, 7) is 6.87. The van der Waals surface area contributed by atoms with Gasteiger partial charge in [-0.15, -0.1) is 7.92 Å². The molecule has 0 saturated carbocycles. The summed E-state index contributed by atoms with van der Waals surface area (Å²) >= 11 is 0. The van der Waals surface area contributed by atoms with Crippen LogP contribution in [0.15, 0.2) is 0 Å². The zero-order valence-electron chi connectivity index (χ0n) is 8.87. The van der Waals surface area contributed by atoms with E-state index in [4.69, 9.17) is 0 Å². The van der Waals surface area contributed by atoms with Crippen LogP contribution in [0.4, 0.5) is 0 Å². The van der Waals surface area contributed by atoms with E-state index in [2.05, 4.69) is 20.8 Å². The van der Waals surface area contributed by atoms with Crippen LogP contribution >= 0.6 is 7.92 Å². The largest absolute Gasteiger partial charge is 3.00 e. The second-order valence-corrected chi connectivity index (χ2v) is 4.86. The quantitative estimate of drug-likeness (QED) is 0.407. The maximum absolute atomic E-state index is 2.29. The average molecular weight is 360 g/mol. The van der Waals surface area contributed by atoms with Gasteiger partial charge in [-0.25, -0.2) is 0 Å². The van der Waals surface area contributed by atoms with Crippen molar-refractivity contribution in [1.82, 2.24) is 0 Å². The molecule has 0 atom stereocenters. The first-order valence-electron chi connectivity index (χ1n) is 3.07. The van der Waals surface area contributed by atoms with Crippen molar-refractivity contribution >= 4 is 7.92 Å². The van der Waals surface area contributed by atoms with Gasteiger partial charge in [-0.05, 0) is 18.5 Å². The predicted molar refractivity (Wildman–Crippen MR) is 57.8 cm³/mol. The van der Waals surface area contributed by atoms with Crippen LogP contribution < -0.4 is 0 Å². The van der Waals surface area contributed by atoms with Crippen LogP contribution in [0.5, 0.6) is 0 Å². The summed E-state index contributed by atoms with van der Waals surface area (Å²) in [5.74, 6) is 0. The van der Waals surface area contributed by atoms with Crippen LogP contribution in [-0.4, -0.2) is 18.5 Å². The van der Waals surface area contributed by atoms with Crippen molar-refractivity contribution in [3.8, 4) is 0 Å². The van der Waals surface area contributed by atoms with Crippen LogP contribution in [0, 0.1) is 22.3 Å². The SMILES string of the molecule is CCP(CC)CC.[Au+3].[CH3-].[CH3-].[CH3-]. The smallest absolute Gasteiger partial charge is 0.358 e. The van der Waals surface area contributed by atoms with Crippen molar-refractivity contribution in [3.05, 3.63) is 22.3 Å². The van der Waals surface area contributed by atoms with Crippen LogP contribution in [0.1, 0.15) is 20.8 Å². The van der Waals surface area contributed by atoms with E-state index in [1.54, 1.807) is 0 Å². The van der Waals surface area contributed by atoms with Crippen LogP contribution in [0.2, 0.25) is 0 Å². The standard InChI is InChI=1S/C6H15P.3CH3.Au/c1-4-7(5-2)6-3;;;;/h4-6H2,1-3H3;3*1H3;/q;3*-1;+3. The van der Waals surface area contributed by atoms with Crippen molar-refractivity contribution in [2.75, 3.05) is 18.5 Å². The predicted octanol–water partition coefficient (Wildman–Crippen LogP) is 3.88. The van der Waals surface area contributed by atoms with E-state index in [0.29, 0.717) is 7.92 Å². The van der Waals surface area contributed by atoms with Gasteiger partial charge in [0, 0.05) is 0 Å². The molecule has 0 spiro atoms. The Labute approximate surface area is 91.8 Å². The first-order chi connectivity index (χ1) is 3.35. The molecule has 0 aromatic carbocycles. The van der Waals surface area contributed by atoms with Crippen molar-refractivity contribution in [3.63, 3.8) is 0 Å². The average Bonchev–Trinajstić information content (AvgIpc) is 1.72. The van der Waals surface area contributed by atoms with Gasteiger partial charge in [-0.1, -0.05) is 20.8 Å². The summed E-state index contributed by atoms with van der Waals surface area (Å²) in [5, 5.41) is 0. The van der Waals surface area contributed by atoms with E-state index in [1.807, 2.05) is 0 Å². The maximum atomic E-state index is 2.29. The van der Waals surface area contributed by atoms with Crippen molar-refractivity contribution in [2.45, 2.75) is 20.8 Å². The molecule has 0 heterocycles. The zero-order chi connectivity index (χ0) is 5.70. The molecule has 0 saturated heterocycles. The zero-order valence-corrected chi connectivity index (χ0v) is 11.9. The molecule has 0 unspecified atom stereocenters. The first kappa shape index (κ1) is 29.5. The van der Waals surface area contributed by atoms with E-state index in [1.165, 1.54) is 18.5 Å². The summed E-state index contributed by atoms with van der Waals surface area (Å²) in [6, 6.07) is 0. The van der Waals surface area contributed by atoms with Crippen molar-refractivity contribution in [2.24, 2.45) is 0 Å². The Hall–Kier alpha value is 1.17. The minimum absolute atomic E-state index is 0. The number of hydrogen-bond acceptors (Lipinski definition) is 0. The molecule has 0 aliphatic rings. The molecule has 0 amide bonds. The van der Waals surface area contributed by atoms with Gasteiger partial charge < -0.3 is 22.3 Å². The van der Waals surface area contributed by atoms with E-state index < -0.39 is 0 Å². The third-order valence-electron chi connectivity index (χ3n) is 1.34. The molecule has 0 nitrogen and oxygen atoms in total. The van der Waals surface area contributed by atoms with Gasteiger partial charge in [0.15, 0.2) is 0 Å². The topological polar surface area (TPSA) is 0 Å². The van der Waals surface area contributed by atoms with Crippen LogP contribution in [0.25, 0.3) is 0 Å². The number of hydrogen-bond donors (Lipinski definition) is 0. The van der Waals surface area contributed by atoms with Gasteiger partial charge in [0.1, 0.15) is 0 Å². The van der Waals surface area contributed by atoms with E-state index in [9.17, 15) is 0 Å². The molecule has 0 aromatic rings. The fourth-order valence-corrected chi connectivity index (χ4v) is 2.01. The van der Waals surface area contributed by atoms with Crippen LogP contribution in [0.3, 0.4) is 0 Å². The molecule has 0 aliphatic heterocycles. The Morgan fingerprint density at radius 1 is 0.727 bits per heavy atom. The third kappa shape index (κ3) is 18.3. The van der Waals surface area contributed by atoms with Gasteiger partial charge in [0.05, 0.1) is 0 Å². The maximum Gasteiger partial charge on any atom is 3.00 e.